The largest absolute Gasteiger partial charge is 0.480 e. The quantitative estimate of drug-likeness (QED) is 0.772. The molecule has 0 aromatic heterocycles. The maximum Gasteiger partial charge on any atom is 0.316 e. The number of thioether (sulfide) groups is 1. The monoisotopic (exact) mass is 295 g/mol. The Labute approximate surface area is 124 Å². The third-order valence-electron chi connectivity index (χ3n) is 2.93. The SMILES string of the molecule is CC(CCc1ccccc1)NC(=O)CSC(C)C(=O)O. The zero-order valence-electron chi connectivity index (χ0n) is 11.8. The van der Waals surface area contributed by atoms with Crippen LogP contribution in [0.4, 0.5) is 0 Å². The van der Waals surface area contributed by atoms with Gasteiger partial charge in [-0.25, -0.2) is 0 Å². The minimum Gasteiger partial charge on any atom is -0.480 e. The molecule has 110 valence electrons. The van der Waals surface area contributed by atoms with E-state index in [1.807, 2.05) is 25.1 Å². The number of carbonyl (C=O) groups excluding carboxylic acids is 1. The average Bonchev–Trinajstić information content (AvgIpc) is 2.43. The molecule has 0 aliphatic heterocycles. The minimum atomic E-state index is -0.889. The zero-order chi connectivity index (χ0) is 15.0. The van der Waals surface area contributed by atoms with E-state index in [1.54, 1.807) is 6.92 Å². The Kier molecular flexibility index (Phi) is 7.15. The van der Waals surface area contributed by atoms with Gasteiger partial charge >= 0.3 is 5.97 Å². The van der Waals surface area contributed by atoms with Gasteiger partial charge in [0.15, 0.2) is 0 Å². The van der Waals surface area contributed by atoms with Crippen LogP contribution in [-0.4, -0.2) is 34.0 Å². The van der Waals surface area contributed by atoms with Crippen LogP contribution in [-0.2, 0) is 16.0 Å². The first-order valence-corrected chi connectivity index (χ1v) is 7.71. The molecule has 20 heavy (non-hydrogen) atoms. The molecule has 4 nitrogen and oxygen atoms in total. The summed E-state index contributed by atoms with van der Waals surface area (Å²) in [4.78, 5) is 22.3. The maximum absolute atomic E-state index is 11.7. The van der Waals surface area contributed by atoms with E-state index in [9.17, 15) is 9.59 Å². The summed E-state index contributed by atoms with van der Waals surface area (Å²) in [5.74, 6) is -0.813. The number of nitrogens with one attached hydrogen (secondary N) is 1. The van der Waals surface area contributed by atoms with Crippen molar-refractivity contribution < 1.29 is 14.7 Å². The lowest BCUT2D eigenvalue weighted by molar-refractivity contribution is -0.136. The maximum atomic E-state index is 11.7. The van der Waals surface area contributed by atoms with Crippen molar-refractivity contribution in [2.75, 3.05) is 5.75 Å². The smallest absolute Gasteiger partial charge is 0.316 e. The molecule has 0 aliphatic rings. The number of amides is 1. The topological polar surface area (TPSA) is 66.4 Å². The van der Waals surface area contributed by atoms with Crippen molar-refractivity contribution in [2.24, 2.45) is 0 Å². The second-order valence-corrected chi connectivity index (χ2v) is 6.11. The highest BCUT2D eigenvalue weighted by atomic mass is 32.2. The van der Waals surface area contributed by atoms with Gasteiger partial charge in [-0.05, 0) is 32.3 Å². The molecule has 2 unspecified atom stereocenters. The molecular formula is C15H21NO3S. The van der Waals surface area contributed by atoms with Gasteiger partial charge in [0.2, 0.25) is 5.91 Å². The van der Waals surface area contributed by atoms with Crippen molar-refractivity contribution in [2.45, 2.75) is 38.0 Å². The molecule has 5 heteroatoms. The summed E-state index contributed by atoms with van der Waals surface area (Å²) in [5.41, 5.74) is 1.25. The van der Waals surface area contributed by atoms with E-state index in [4.69, 9.17) is 5.11 Å². The lowest BCUT2D eigenvalue weighted by atomic mass is 10.1. The number of aryl methyl sites for hydroxylation is 1. The Bertz CT molecular complexity index is 436. The first-order chi connectivity index (χ1) is 9.49. The standard InChI is InChI=1S/C15H21NO3S/c1-11(8-9-13-6-4-3-5-7-13)16-14(17)10-20-12(2)15(18)19/h3-7,11-12H,8-10H2,1-2H3,(H,16,17)(H,18,19). The van der Waals surface area contributed by atoms with Gasteiger partial charge in [-0.3, -0.25) is 9.59 Å². The van der Waals surface area contributed by atoms with E-state index < -0.39 is 11.2 Å². The molecule has 0 radical (unpaired) electrons. The zero-order valence-corrected chi connectivity index (χ0v) is 12.7. The molecule has 0 heterocycles. The van der Waals surface area contributed by atoms with E-state index in [-0.39, 0.29) is 17.7 Å². The third-order valence-corrected chi connectivity index (χ3v) is 4.06. The minimum absolute atomic E-state index is 0.0865. The van der Waals surface area contributed by atoms with Gasteiger partial charge in [0.25, 0.3) is 0 Å². The summed E-state index contributed by atoms with van der Waals surface area (Å²) in [6.07, 6.45) is 1.79. The third kappa shape index (κ3) is 6.61. The summed E-state index contributed by atoms with van der Waals surface area (Å²) in [6, 6.07) is 10.2. The number of carbonyl (C=O) groups is 2. The molecular weight excluding hydrogens is 274 g/mol. The molecule has 0 fully saturated rings. The molecule has 0 saturated carbocycles. The number of carboxylic acid groups (broad SMARTS) is 1. The number of aliphatic carboxylic acids is 1. The number of hydrogen-bond donors (Lipinski definition) is 2. The molecule has 1 rings (SSSR count). The van der Waals surface area contributed by atoms with Crippen LogP contribution in [0, 0.1) is 0 Å². The van der Waals surface area contributed by atoms with E-state index in [0.29, 0.717) is 0 Å². The number of benzene rings is 1. The van der Waals surface area contributed by atoms with Gasteiger partial charge in [0.1, 0.15) is 0 Å². The van der Waals surface area contributed by atoms with Gasteiger partial charge in [-0.2, -0.15) is 0 Å². The van der Waals surface area contributed by atoms with E-state index in [1.165, 1.54) is 5.56 Å². The number of carboxylic acids is 1. The Morgan fingerprint density at radius 1 is 1.25 bits per heavy atom. The fraction of sp³-hybridized carbons (Fsp3) is 0.467. The molecule has 1 aromatic rings. The Morgan fingerprint density at radius 3 is 2.50 bits per heavy atom. The molecule has 1 aromatic carbocycles. The van der Waals surface area contributed by atoms with Crippen LogP contribution < -0.4 is 5.32 Å². The summed E-state index contributed by atoms with van der Waals surface area (Å²) in [5, 5.41) is 11.1. The Balaban J connectivity index is 2.23. The van der Waals surface area contributed by atoms with Crippen LogP contribution in [0.5, 0.6) is 0 Å². The average molecular weight is 295 g/mol. The van der Waals surface area contributed by atoms with Gasteiger partial charge in [-0.1, -0.05) is 30.3 Å². The van der Waals surface area contributed by atoms with Crippen LogP contribution >= 0.6 is 11.8 Å². The van der Waals surface area contributed by atoms with Crippen LogP contribution in [0.2, 0.25) is 0 Å². The van der Waals surface area contributed by atoms with Crippen LogP contribution in [0.25, 0.3) is 0 Å². The first kappa shape index (κ1) is 16.6. The lowest BCUT2D eigenvalue weighted by Gasteiger charge is -2.14. The fourth-order valence-corrected chi connectivity index (χ4v) is 2.32. The predicted octanol–water partition coefficient (Wildman–Crippen LogP) is 2.33. The molecule has 0 aliphatic carbocycles. The van der Waals surface area contributed by atoms with E-state index in [0.717, 1.165) is 24.6 Å². The van der Waals surface area contributed by atoms with E-state index in [2.05, 4.69) is 17.4 Å². The number of rotatable bonds is 8. The summed E-state index contributed by atoms with van der Waals surface area (Å²) < 4.78 is 0. The van der Waals surface area contributed by atoms with Gasteiger partial charge in [0, 0.05) is 6.04 Å². The summed E-state index contributed by atoms with van der Waals surface area (Å²) in [7, 11) is 0. The molecule has 2 atom stereocenters. The van der Waals surface area contributed by atoms with Gasteiger partial charge in [-0.15, -0.1) is 11.8 Å². The highest BCUT2D eigenvalue weighted by Gasteiger charge is 2.14. The fourth-order valence-electron chi connectivity index (χ4n) is 1.69. The van der Waals surface area contributed by atoms with E-state index >= 15 is 0 Å². The van der Waals surface area contributed by atoms with Crippen molar-refractivity contribution in [1.82, 2.24) is 5.32 Å². The van der Waals surface area contributed by atoms with Crippen molar-refractivity contribution in [3.63, 3.8) is 0 Å². The predicted molar refractivity (Wildman–Crippen MR) is 81.9 cm³/mol. The van der Waals surface area contributed by atoms with Crippen LogP contribution in [0.1, 0.15) is 25.8 Å². The molecule has 2 N–H and O–H groups in total. The number of hydrogen-bond acceptors (Lipinski definition) is 3. The van der Waals surface area contributed by atoms with Crippen LogP contribution in [0.3, 0.4) is 0 Å². The summed E-state index contributed by atoms with van der Waals surface area (Å²) >= 11 is 1.14. The van der Waals surface area contributed by atoms with Crippen molar-refractivity contribution in [1.29, 1.82) is 0 Å². The van der Waals surface area contributed by atoms with Crippen molar-refractivity contribution in [3.8, 4) is 0 Å². The van der Waals surface area contributed by atoms with Crippen molar-refractivity contribution >= 4 is 23.6 Å². The first-order valence-electron chi connectivity index (χ1n) is 6.66. The van der Waals surface area contributed by atoms with Gasteiger partial charge < -0.3 is 10.4 Å². The molecule has 0 bridgehead atoms. The Morgan fingerprint density at radius 2 is 1.90 bits per heavy atom. The lowest BCUT2D eigenvalue weighted by Crippen LogP contribution is -2.34. The molecule has 0 spiro atoms. The van der Waals surface area contributed by atoms with Crippen LogP contribution in [0.15, 0.2) is 30.3 Å². The highest BCUT2D eigenvalue weighted by molar-refractivity contribution is 8.01. The molecule has 1 amide bonds. The highest BCUT2D eigenvalue weighted by Crippen LogP contribution is 2.10. The second kappa shape index (κ2) is 8.64. The summed E-state index contributed by atoms with van der Waals surface area (Å²) in [6.45, 7) is 3.55. The second-order valence-electron chi connectivity index (χ2n) is 4.78. The van der Waals surface area contributed by atoms with Crippen molar-refractivity contribution in [3.05, 3.63) is 35.9 Å². The normalized spacial score (nSPS) is 13.5. The Hall–Kier alpha value is -1.49. The van der Waals surface area contributed by atoms with Gasteiger partial charge in [0.05, 0.1) is 11.0 Å². The molecule has 0 saturated heterocycles.